The molecule has 0 spiro atoms. The molecule has 5 rings (SSSR count). The second-order valence-corrected chi connectivity index (χ2v) is 8.35. The first-order chi connectivity index (χ1) is 15.2. The van der Waals surface area contributed by atoms with Gasteiger partial charge in [-0.3, -0.25) is 4.79 Å². The summed E-state index contributed by atoms with van der Waals surface area (Å²) in [5.41, 5.74) is 5.38. The summed E-state index contributed by atoms with van der Waals surface area (Å²) in [5.74, 6) is 0.573. The van der Waals surface area contributed by atoms with E-state index >= 15 is 0 Å². The van der Waals surface area contributed by atoms with E-state index in [0.29, 0.717) is 11.5 Å². The summed E-state index contributed by atoms with van der Waals surface area (Å²) in [7, 11) is 1.64. The average molecular weight is 409 g/mol. The third-order valence-electron chi connectivity index (χ3n) is 6.56. The number of aromatic nitrogens is 2. The van der Waals surface area contributed by atoms with Gasteiger partial charge in [-0.05, 0) is 77.8 Å². The molecule has 0 unspecified atom stereocenters. The van der Waals surface area contributed by atoms with Crippen molar-refractivity contribution >= 4 is 22.2 Å². The molecule has 5 nitrogen and oxygen atoms in total. The summed E-state index contributed by atoms with van der Waals surface area (Å²) < 4.78 is 1.97. The van der Waals surface area contributed by atoms with Crippen molar-refractivity contribution in [3.8, 4) is 17.2 Å². The molecule has 31 heavy (non-hydrogen) atoms. The van der Waals surface area contributed by atoms with Crippen LogP contribution in [0.1, 0.15) is 47.5 Å². The van der Waals surface area contributed by atoms with Gasteiger partial charge in [-0.15, -0.1) is 0 Å². The van der Waals surface area contributed by atoms with E-state index in [9.17, 15) is 10.1 Å². The molecule has 0 radical (unpaired) electrons. The molecule has 154 valence electrons. The van der Waals surface area contributed by atoms with Crippen LogP contribution in [-0.2, 0) is 0 Å². The fourth-order valence-corrected chi connectivity index (χ4v) is 4.84. The molecule has 0 bridgehead atoms. The summed E-state index contributed by atoms with van der Waals surface area (Å²) in [6.45, 7) is 0. The summed E-state index contributed by atoms with van der Waals surface area (Å²) in [6, 6.07) is 18.8. The third kappa shape index (κ3) is 3.44. The first-order valence-corrected chi connectivity index (χ1v) is 10.8. The van der Waals surface area contributed by atoms with Crippen LogP contribution in [0.15, 0.2) is 60.9 Å². The maximum atomic E-state index is 11.9. The second kappa shape index (κ2) is 7.88. The Labute approximate surface area is 181 Å². The number of hydrogen-bond donors (Lipinski definition) is 1. The van der Waals surface area contributed by atoms with Crippen molar-refractivity contribution in [1.29, 1.82) is 5.26 Å². The van der Waals surface area contributed by atoms with Gasteiger partial charge in [0.15, 0.2) is 0 Å². The van der Waals surface area contributed by atoms with E-state index in [1.807, 2.05) is 35.1 Å². The monoisotopic (exact) mass is 408 g/mol. The number of carbonyl (C=O) groups excluding carboxylic acids is 1. The zero-order chi connectivity index (χ0) is 21.4. The highest BCUT2D eigenvalue weighted by molar-refractivity contribution is 5.99. The lowest BCUT2D eigenvalue weighted by molar-refractivity contribution is 0.0963. The van der Waals surface area contributed by atoms with Gasteiger partial charge in [-0.1, -0.05) is 24.3 Å². The molecule has 0 atom stereocenters. The number of fused-ring (bicyclic) bond motifs is 2. The Kier molecular flexibility index (Phi) is 4.91. The van der Waals surface area contributed by atoms with Crippen LogP contribution >= 0.6 is 0 Å². The first-order valence-electron chi connectivity index (χ1n) is 10.8. The largest absolute Gasteiger partial charge is 0.355 e. The number of amides is 1. The number of rotatable bonds is 3. The lowest BCUT2D eigenvalue weighted by Gasteiger charge is -2.25. The van der Waals surface area contributed by atoms with E-state index in [2.05, 4.69) is 46.8 Å². The van der Waals surface area contributed by atoms with Crippen LogP contribution in [0.5, 0.6) is 0 Å². The topological polar surface area (TPSA) is 70.2 Å². The third-order valence-corrected chi connectivity index (χ3v) is 6.56. The SMILES string of the molecule is CNC(=O)c1ccc2cc(-c3cnn4cccc(C5CCC(C#N)CC5)c34)ccc2c1. The molecular formula is C26H24N4O. The molecule has 2 aromatic heterocycles. The quantitative estimate of drug-likeness (QED) is 0.499. The average Bonchev–Trinajstić information content (AvgIpc) is 3.27. The number of hydrogen-bond acceptors (Lipinski definition) is 3. The van der Waals surface area contributed by atoms with Gasteiger partial charge >= 0.3 is 0 Å². The van der Waals surface area contributed by atoms with Crippen molar-refractivity contribution in [3.63, 3.8) is 0 Å². The van der Waals surface area contributed by atoms with Gasteiger partial charge in [0.1, 0.15) is 0 Å². The van der Waals surface area contributed by atoms with Gasteiger partial charge in [0, 0.05) is 30.3 Å². The number of nitrogens with zero attached hydrogens (tertiary/aromatic N) is 3. The Hall–Kier alpha value is -3.65. The molecule has 1 aliphatic rings. The molecule has 2 heterocycles. The van der Waals surface area contributed by atoms with E-state index in [1.165, 1.54) is 5.56 Å². The van der Waals surface area contributed by atoms with Gasteiger partial charge in [-0.2, -0.15) is 10.4 Å². The summed E-state index contributed by atoms with van der Waals surface area (Å²) in [6.07, 6.45) is 7.97. The smallest absolute Gasteiger partial charge is 0.251 e. The molecule has 2 aromatic carbocycles. The molecule has 0 saturated heterocycles. The molecule has 4 aromatic rings. The number of benzene rings is 2. The van der Waals surface area contributed by atoms with Gasteiger partial charge in [0.25, 0.3) is 5.91 Å². The molecule has 1 amide bonds. The number of nitrogens with one attached hydrogen (secondary N) is 1. The Balaban J connectivity index is 1.57. The van der Waals surface area contributed by atoms with E-state index in [0.717, 1.165) is 53.1 Å². The Morgan fingerprint density at radius 1 is 1.10 bits per heavy atom. The van der Waals surface area contributed by atoms with Crippen molar-refractivity contribution < 1.29 is 4.79 Å². The second-order valence-electron chi connectivity index (χ2n) is 8.35. The van der Waals surface area contributed by atoms with Crippen molar-refractivity contribution in [3.05, 3.63) is 72.1 Å². The summed E-state index contributed by atoms with van der Waals surface area (Å²) in [5, 5.41) is 18.7. The van der Waals surface area contributed by atoms with Crippen molar-refractivity contribution in [1.82, 2.24) is 14.9 Å². The molecule has 5 heteroatoms. The van der Waals surface area contributed by atoms with Crippen LogP contribution < -0.4 is 5.32 Å². The zero-order valence-corrected chi connectivity index (χ0v) is 17.5. The van der Waals surface area contributed by atoms with Gasteiger partial charge < -0.3 is 5.32 Å². The van der Waals surface area contributed by atoms with Gasteiger partial charge in [0.05, 0.1) is 17.8 Å². The van der Waals surface area contributed by atoms with Gasteiger partial charge in [0.2, 0.25) is 0 Å². The molecule has 1 saturated carbocycles. The lowest BCUT2D eigenvalue weighted by atomic mass is 9.78. The van der Waals surface area contributed by atoms with E-state index < -0.39 is 0 Å². The summed E-state index contributed by atoms with van der Waals surface area (Å²) >= 11 is 0. The highest BCUT2D eigenvalue weighted by atomic mass is 16.1. The maximum absolute atomic E-state index is 11.9. The minimum atomic E-state index is -0.0793. The minimum Gasteiger partial charge on any atom is -0.355 e. The highest BCUT2D eigenvalue weighted by Crippen LogP contribution is 2.40. The Bertz CT molecular complexity index is 1320. The molecular weight excluding hydrogens is 384 g/mol. The minimum absolute atomic E-state index is 0.0793. The number of nitriles is 1. The predicted molar refractivity (Wildman–Crippen MR) is 122 cm³/mol. The molecule has 1 fully saturated rings. The van der Waals surface area contributed by atoms with Crippen LogP contribution in [0.4, 0.5) is 0 Å². The molecule has 1 N–H and O–H groups in total. The van der Waals surface area contributed by atoms with Crippen LogP contribution in [-0.4, -0.2) is 22.6 Å². The fourth-order valence-electron chi connectivity index (χ4n) is 4.84. The Morgan fingerprint density at radius 3 is 2.65 bits per heavy atom. The van der Waals surface area contributed by atoms with Crippen LogP contribution in [0, 0.1) is 17.2 Å². The first kappa shape index (κ1) is 19.3. The number of pyridine rings is 1. The molecule has 1 aliphatic carbocycles. The normalized spacial score (nSPS) is 18.7. The van der Waals surface area contributed by atoms with E-state index in [1.54, 1.807) is 7.05 Å². The van der Waals surface area contributed by atoms with Crippen LogP contribution in [0.25, 0.3) is 27.4 Å². The predicted octanol–water partition coefficient (Wildman–Crippen LogP) is 5.31. The van der Waals surface area contributed by atoms with Crippen molar-refractivity contribution in [2.24, 2.45) is 5.92 Å². The van der Waals surface area contributed by atoms with Crippen LogP contribution in [0.2, 0.25) is 0 Å². The zero-order valence-electron chi connectivity index (χ0n) is 17.5. The molecule has 0 aliphatic heterocycles. The lowest BCUT2D eigenvalue weighted by Crippen LogP contribution is -2.17. The standard InChI is InChI=1S/C26H24N4O/c1-28-26(31)22-11-9-19-13-21(10-8-20(19)14-22)24-16-29-30-12-2-3-23(25(24)30)18-6-4-17(15-27)5-7-18/h2-3,8-14,16-18H,4-7H2,1H3,(H,28,31). The van der Waals surface area contributed by atoms with E-state index in [-0.39, 0.29) is 11.8 Å². The van der Waals surface area contributed by atoms with Crippen molar-refractivity contribution in [2.75, 3.05) is 7.05 Å². The van der Waals surface area contributed by atoms with Crippen LogP contribution in [0.3, 0.4) is 0 Å². The summed E-state index contributed by atoms with van der Waals surface area (Å²) in [4.78, 5) is 11.9. The maximum Gasteiger partial charge on any atom is 0.251 e. The number of carbonyl (C=O) groups is 1. The van der Waals surface area contributed by atoms with E-state index in [4.69, 9.17) is 0 Å². The van der Waals surface area contributed by atoms with Gasteiger partial charge in [-0.25, -0.2) is 4.52 Å². The highest BCUT2D eigenvalue weighted by Gasteiger charge is 2.25. The fraction of sp³-hybridized carbons (Fsp3) is 0.269. The van der Waals surface area contributed by atoms with Crippen molar-refractivity contribution in [2.45, 2.75) is 31.6 Å². The Morgan fingerprint density at radius 2 is 1.87 bits per heavy atom.